The zero-order chi connectivity index (χ0) is 111. The van der Waals surface area contributed by atoms with Gasteiger partial charge in [0.2, 0.25) is 0 Å². The van der Waals surface area contributed by atoms with E-state index >= 15 is 0 Å². The number of aliphatic hydroxyl groups is 1. The molecule has 0 spiro atoms. The number of hydrogen-bond acceptors (Lipinski definition) is 18. The highest BCUT2D eigenvalue weighted by Gasteiger charge is 2.30. The number of rotatable bonds is 59. The number of benzene rings is 8. The second kappa shape index (κ2) is 95.7. The molecule has 0 heterocycles. The van der Waals surface area contributed by atoms with E-state index in [0.717, 1.165) is 181 Å². The van der Waals surface area contributed by atoms with Crippen LogP contribution in [0.15, 0.2) is 207 Å². The van der Waals surface area contributed by atoms with Gasteiger partial charge in [-0.15, -0.1) is 6.58 Å². The predicted octanol–water partition coefficient (Wildman–Crippen LogP) is 30.6. The third kappa shape index (κ3) is 125. The van der Waals surface area contributed by atoms with E-state index in [1.54, 1.807) is 6.08 Å². The Labute approximate surface area is 862 Å². The Morgan fingerprint density at radius 2 is 0.388 bits per heavy atom. The van der Waals surface area contributed by atoms with Crippen molar-refractivity contribution in [3.8, 4) is 0 Å². The van der Waals surface area contributed by atoms with E-state index < -0.39 is 95.8 Å². The second-order valence-electron chi connectivity index (χ2n) is 34.0. The van der Waals surface area contributed by atoms with Gasteiger partial charge in [-0.3, -0.25) is 0 Å². The fraction of sp³-hybridized carbons (Fsp3) is 0.615. The standard InChI is InChI=1S/4C12H23F3O2.C11H19F3O2.4C10H8.C8H15F3O2.2CH4O3S/c2*1-11(2)10-17-8-5-3-4-7-16-9-6-12(13,14)15;2*1-2-3-8-16-9-5-4-6-10-17-11-7-12(13,14)15;1-2-7-15-8-4-3-5-9-16-10-6-11(12,13)14;4*1-2-6-10-8-4-3-7-9(10)5-1;9-8(10,11)4-7-13-6-3-1-2-5-12;2*1-5(2,3)4/h2*11H,3-10H2,1-2H3;2*2-11H2,1H3;2H,1,3-10H2;4*1-8H;12H,1-7H2;2*1H3,(H,2,3,4)/p-2. The van der Waals surface area contributed by atoms with E-state index in [4.69, 9.17) is 83.2 Å². The highest BCUT2D eigenvalue weighted by molar-refractivity contribution is 7.85. The lowest BCUT2D eigenvalue weighted by atomic mass is 10.1. The molecule has 8 aromatic carbocycles. The summed E-state index contributed by atoms with van der Waals surface area (Å²) >= 11 is 0. The van der Waals surface area contributed by atoms with Gasteiger partial charge in [-0.25, -0.2) is 16.8 Å². The molecule has 0 atom stereocenters. The summed E-state index contributed by atoms with van der Waals surface area (Å²) in [6.45, 7) is 24.4. The predicted molar refractivity (Wildman–Crippen MR) is 550 cm³/mol. The van der Waals surface area contributed by atoms with Crippen molar-refractivity contribution in [3.05, 3.63) is 207 Å². The van der Waals surface area contributed by atoms with Crippen LogP contribution in [0.25, 0.3) is 43.1 Å². The number of hydrogen-bond donors (Lipinski definition) is 1. The Morgan fingerprint density at radius 3 is 0.524 bits per heavy atom. The van der Waals surface area contributed by atoms with Crippen LogP contribution in [0.5, 0.6) is 0 Å². The molecular weight excluding hydrogens is 2000 g/mol. The molecule has 0 aromatic heterocycles. The second-order valence-corrected chi connectivity index (χ2v) is 36.8. The lowest BCUT2D eigenvalue weighted by Crippen LogP contribution is -2.12. The van der Waals surface area contributed by atoms with Gasteiger partial charge in [-0.1, -0.05) is 255 Å². The van der Waals surface area contributed by atoms with Gasteiger partial charge in [0, 0.05) is 118 Å². The molecule has 8 aromatic rings. The van der Waals surface area contributed by atoms with Gasteiger partial charge in [0.25, 0.3) is 0 Å². The van der Waals surface area contributed by atoms with Gasteiger partial charge in [0.1, 0.15) is 0 Å². The molecule has 0 aliphatic carbocycles. The minimum atomic E-state index is -4.12. The van der Waals surface area contributed by atoms with E-state index in [-0.39, 0.29) is 46.2 Å². The van der Waals surface area contributed by atoms with Crippen LogP contribution >= 0.6 is 0 Å². The Kier molecular flexibility index (Phi) is 95.0. The number of halogens is 18. The molecule has 0 saturated heterocycles. The highest BCUT2D eigenvalue weighted by Crippen LogP contribution is 2.25. The molecule has 0 fully saturated rings. The van der Waals surface area contributed by atoms with E-state index in [2.05, 4.69) is 242 Å². The van der Waals surface area contributed by atoms with E-state index in [1.807, 2.05) is 0 Å². The minimum Gasteiger partial charge on any atom is -0.748 e. The van der Waals surface area contributed by atoms with Gasteiger partial charge in [-0.05, 0) is 183 Å². The average Bonchev–Trinajstić information content (AvgIpc) is 0.882. The molecule has 18 nitrogen and oxygen atoms in total. The third-order valence-corrected chi connectivity index (χ3v) is 18.6. The van der Waals surface area contributed by atoms with Crippen LogP contribution in [0.4, 0.5) is 79.0 Å². The number of aliphatic hydroxyl groups excluding tert-OH is 1. The maximum Gasteiger partial charge on any atom is 0.391 e. The molecule has 0 unspecified atom stereocenters. The summed E-state index contributed by atoms with van der Waals surface area (Å²) in [4.78, 5) is 0. The van der Waals surface area contributed by atoms with Crippen LogP contribution in [0.2, 0.25) is 0 Å². The zero-order valence-electron chi connectivity index (χ0n) is 87.0. The smallest absolute Gasteiger partial charge is 0.391 e. The van der Waals surface area contributed by atoms with Crippen molar-refractivity contribution < 1.29 is 162 Å². The van der Waals surface area contributed by atoms with Gasteiger partial charge in [0.05, 0.1) is 105 Å². The molecule has 38 heteroatoms. The van der Waals surface area contributed by atoms with E-state index in [1.165, 1.54) is 43.1 Å². The third-order valence-electron chi connectivity index (χ3n) is 18.6. The molecule has 0 saturated carbocycles. The first kappa shape index (κ1) is 146. The van der Waals surface area contributed by atoms with Crippen molar-refractivity contribution in [2.75, 3.05) is 164 Å². The molecule has 8 rings (SSSR count). The zero-order valence-corrected chi connectivity index (χ0v) is 88.6. The van der Waals surface area contributed by atoms with Crippen molar-refractivity contribution >= 4 is 63.3 Å². The van der Waals surface area contributed by atoms with Gasteiger partial charge in [0.15, 0.2) is 0 Å². The largest absolute Gasteiger partial charge is 0.748 e. The molecule has 1 N–H and O–H groups in total. The maximum absolute atomic E-state index is 11.7. The summed E-state index contributed by atoms with van der Waals surface area (Å²) in [5.41, 5.74) is 0. The van der Waals surface area contributed by atoms with Crippen molar-refractivity contribution in [2.45, 2.75) is 258 Å². The first-order chi connectivity index (χ1) is 69.4. The van der Waals surface area contributed by atoms with Crippen LogP contribution in [0.1, 0.15) is 221 Å². The van der Waals surface area contributed by atoms with Crippen LogP contribution in [0, 0.1) is 11.8 Å². The molecule has 848 valence electrons. The van der Waals surface area contributed by atoms with Crippen LogP contribution < -0.4 is 0 Å². The average molecular weight is 2170 g/mol. The Balaban J connectivity index is -0.000000768. The number of ether oxygens (including phenoxy) is 11. The summed E-state index contributed by atoms with van der Waals surface area (Å²) in [6, 6.07) is 66.9. The molecule has 0 aliphatic rings. The van der Waals surface area contributed by atoms with E-state index in [0.29, 0.717) is 90.0 Å². The van der Waals surface area contributed by atoms with Gasteiger partial charge < -0.3 is 66.3 Å². The molecule has 0 radical (unpaired) electrons. The number of fused-ring (bicyclic) bond motifs is 4. The summed E-state index contributed by atoms with van der Waals surface area (Å²) < 4.78 is 321. The van der Waals surface area contributed by atoms with Crippen molar-refractivity contribution in [2.24, 2.45) is 11.8 Å². The quantitative estimate of drug-likeness (QED) is 0.0161. The van der Waals surface area contributed by atoms with Gasteiger partial charge in [-0.2, -0.15) is 79.0 Å². The van der Waals surface area contributed by atoms with Gasteiger partial charge >= 0.3 is 37.1 Å². The topological polar surface area (TPSA) is 236 Å². The summed E-state index contributed by atoms with van der Waals surface area (Å²) in [5.74, 6) is 1.08. The lowest BCUT2D eigenvalue weighted by molar-refractivity contribution is -0.146. The van der Waals surface area contributed by atoms with Crippen LogP contribution in [-0.2, 0) is 72.3 Å². The first-order valence-corrected chi connectivity index (χ1v) is 53.6. The van der Waals surface area contributed by atoms with E-state index in [9.17, 15) is 79.0 Å². The fourth-order valence-corrected chi connectivity index (χ4v) is 11.2. The monoisotopic (exact) mass is 2170 g/mol. The summed E-state index contributed by atoms with van der Waals surface area (Å²) in [6.07, 6.45) is -7.01. The van der Waals surface area contributed by atoms with Crippen LogP contribution in [-0.4, -0.2) is 233 Å². The summed E-state index contributed by atoms with van der Waals surface area (Å²) in [5, 5.41) is 18.9. The minimum absolute atomic E-state index is 0.128. The molecule has 0 aliphatic heterocycles. The lowest BCUT2D eigenvalue weighted by Gasteiger charge is -2.08. The normalized spacial score (nSPS) is 11.5. The Morgan fingerprint density at radius 1 is 0.252 bits per heavy atom. The SMILES string of the molecule is C=CCOCCCCCOCCC(F)(F)F.CC(C)COCCCCCOCCC(F)(F)F.CC(C)COCCCCCOCCC(F)(F)F.CCCCOCCCCCOCCC(F)(F)F.CCCCOCCCCCOCCC(F)(F)F.CS(=O)(=O)[O-].CS(=O)(=O)[O-].OCCCCCOCCC(F)(F)F.c1ccc2ccccc2c1.c1ccc2ccccc2c1.c1ccc2ccccc2c1.c1ccc2ccccc2c1. The van der Waals surface area contributed by atoms with Crippen LogP contribution in [0.3, 0.4) is 0 Å². The fourth-order valence-electron chi connectivity index (χ4n) is 11.2. The molecular formula is C109H164F18O18S2-2. The van der Waals surface area contributed by atoms with Crippen molar-refractivity contribution in [1.82, 2.24) is 0 Å². The summed E-state index contributed by atoms with van der Waals surface area (Å²) in [7, 11) is -7.83. The Bertz CT molecular complexity index is 3810. The number of unbranched alkanes of at least 4 members (excludes halogenated alkanes) is 14. The Hall–Kier alpha value is -7.38. The molecule has 0 amide bonds. The van der Waals surface area contributed by atoms with Crippen molar-refractivity contribution in [1.29, 1.82) is 0 Å². The molecule has 0 bridgehead atoms. The maximum atomic E-state index is 11.7. The van der Waals surface area contributed by atoms with Crippen molar-refractivity contribution in [3.63, 3.8) is 0 Å². The highest BCUT2D eigenvalue weighted by atomic mass is 32.2. The number of alkyl halides is 18. The molecule has 147 heavy (non-hydrogen) atoms. The first-order valence-electron chi connectivity index (χ1n) is 50.0.